The quantitative estimate of drug-likeness (QED) is 0.936. The van der Waals surface area contributed by atoms with Crippen molar-refractivity contribution >= 4 is 17.2 Å². The molecular weight excluding hydrogens is 272 g/mol. The average Bonchev–Trinajstić information content (AvgIpc) is 3.08. The molecule has 0 bridgehead atoms. The second-order valence-corrected chi connectivity index (χ2v) is 6.29. The zero-order chi connectivity index (χ0) is 13.9. The zero-order valence-corrected chi connectivity index (χ0v) is 12.3. The number of aryl methyl sites for hydroxylation is 1. The Kier molecular flexibility index (Phi) is 3.87. The molecule has 2 aromatic rings. The van der Waals surface area contributed by atoms with Crippen molar-refractivity contribution in [2.45, 2.75) is 45.1 Å². The molecule has 20 heavy (non-hydrogen) atoms. The molecule has 106 valence electrons. The van der Waals surface area contributed by atoms with Crippen LogP contribution in [0, 0.1) is 6.92 Å². The van der Waals surface area contributed by atoms with Gasteiger partial charge < -0.3 is 9.73 Å². The van der Waals surface area contributed by atoms with E-state index in [1.165, 1.54) is 19.3 Å². The predicted octanol–water partition coefficient (Wildman–Crippen LogP) is 3.77. The molecule has 0 atom stereocenters. The summed E-state index contributed by atoms with van der Waals surface area (Å²) in [6.07, 6.45) is 5.83. The molecule has 1 aliphatic rings. The first-order valence-corrected chi connectivity index (χ1v) is 7.93. The Balaban J connectivity index is 1.68. The summed E-state index contributed by atoms with van der Waals surface area (Å²) in [4.78, 5) is 16.5. The Morgan fingerprint density at radius 2 is 2.15 bits per heavy atom. The first-order chi connectivity index (χ1) is 9.72. The Labute approximate surface area is 122 Å². The summed E-state index contributed by atoms with van der Waals surface area (Å²) in [7, 11) is 0. The maximum absolute atomic E-state index is 12.1. The van der Waals surface area contributed by atoms with Gasteiger partial charge in [-0.2, -0.15) is 0 Å². The topological polar surface area (TPSA) is 55.1 Å². The van der Waals surface area contributed by atoms with E-state index in [4.69, 9.17) is 4.42 Å². The molecule has 1 aliphatic carbocycles. The van der Waals surface area contributed by atoms with E-state index in [0.717, 1.165) is 23.5 Å². The molecule has 0 spiro atoms. The van der Waals surface area contributed by atoms with Crippen LogP contribution in [0.25, 0.3) is 11.5 Å². The number of nitrogens with one attached hydrogen (secondary N) is 1. The number of thiazole rings is 1. The zero-order valence-electron chi connectivity index (χ0n) is 11.5. The van der Waals surface area contributed by atoms with Crippen LogP contribution in [0.15, 0.2) is 21.9 Å². The van der Waals surface area contributed by atoms with Gasteiger partial charge in [-0.05, 0) is 31.9 Å². The molecule has 5 heteroatoms. The molecular formula is C15H18N2O2S. The van der Waals surface area contributed by atoms with Gasteiger partial charge in [0.05, 0.1) is 5.01 Å². The van der Waals surface area contributed by atoms with Crippen molar-refractivity contribution in [1.29, 1.82) is 0 Å². The number of nitrogens with zero attached hydrogens (tertiary/aromatic N) is 1. The minimum absolute atomic E-state index is 0.116. The molecule has 1 fully saturated rings. The number of carbonyl (C=O) groups is 1. The Hall–Kier alpha value is -1.62. The van der Waals surface area contributed by atoms with E-state index in [2.05, 4.69) is 10.3 Å². The molecule has 1 saturated carbocycles. The highest BCUT2D eigenvalue weighted by Gasteiger charge is 2.19. The molecule has 0 saturated heterocycles. The molecule has 0 unspecified atom stereocenters. The van der Waals surface area contributed by atoms with Gasteiger partial charge >= 0.3 is 0 Å². The summed E-state index contributed by atoms with van der Waals surface area (Å²) < 4.78 is 5.62. The van der Waals surface area contributed by atoms with E-state index in [9.17, 15) is 4.79 Å². The van der Waals surface area contributed by atoms with Gasteiger partial charge in [0.1, 0.15) is 5.69 Å². The van der Waals surface area contributed by atoms with Crippen molar-refractivity contribution in [2.24, 2.45) is 0 Å². The van der Waals surface area contributed by atoms with Crippen molar-refractivity contribution < 1.29 is 9.21 Å². The molecule has 0 aliphatic heterocycles. The van der Waals surface area contributed by atoms with E-state index >= 15 is 0 Å². The Bertz CT molecular complexity index is 597. The first kappa shape index (κ1) is 13.4. The van der Waals surface area contributed by atoms with Gasteiger partial charge in [0.25, 0.3) is 5.91 Å². The normalized spacial score (nSPS) is 16.2. The summed E-state index contributed by atoms with van der Waals surface area (Å²) in [6, 6.07) is 3.83. The Morgan fingerprint density at radius 3 is 2.85 bits per heavy atom. The van der Waals surface area contributed by atoms with Crippen LogP contribution < -0.4 is 5.32 Å². The lowest BCUT2D eigenvalue weighted by Crippen LogP contribution is -2.35. The molecule has 0 radical (unpaired) electrons. The fourth-order valence-electron chi connectivity index (χ4n) is 2.58. The standard InChI is InChI=1S/C15H18N2O2S/c1-10-16-12(9-20-10)13-7-8-14(19-13)15(18)17-11-5-3-2-4-6-11/h7-9,11H,2-6H2,1H3,(H,17,18). The highest BCUT2D eigenvalue weighted by atomic mass is 32.1. The number of hydrogen-bond donors (Lipinski definition) is 1. The molecule has 1 amide bonds. The minimum atomic E-state index is -0.116. The monoisotopic (exact) mass is 290 g/mol. The number of aromatic nitrogens is 1. The van der Waals surface area contributed by atoms with Crippen molar-refractivity contribution in [3.63, 3.8) is 0 Å². The largest absolute Gasteiger partial charge is 0.449 e. The summed E-state index contributed by atoms with van der Waals surface area (Å²) in [6.45, 7) is 1.95. The highest BCUT2D eigenvalue weighted by molar-refractivity contribution is 7.09. The van der Waals surface area contributed by atoms with Crippen molar-refractivity contribution in [1.82, 2.24) is 10.3 Å². The first-order valence-electron chi connectivity index (χ1n) is 7.05. The smallest absolute Gasteiger partial charge is 0.287 e. The van der Waals surface area contributed by atoms with Crippen LogP contribution in [-0.4, -0.2) is 16.9 Å². The fraction of sp³-hybridized carbons (Fsp3) is 0.467. The maximum Gasteiger partial charge on any atom is 0.287 e. The van der Waals surface area contributed by atoms with Gasteiger partial charge in [0.2, 0.25) is 0 Å². The van der Waals surface area contributed by atoms with E-state index in [1.807, 2.05) is 18.4 Å². The lowest BCUT2D eigenvalue weighted by molar-refractivity contribution is 0.0900. The number of carbonyl (C=O) groups excluding carboxylic acids is 1. The molecule has 4 nitrogen and oxygen atoms in total. The van der Waals surface area contributed by atoms with Gasteiger partial charge in [0.15, 0.2) is 11.5 Å². The predicted molar refractivity (Wildman–Crippen MR) is 78.9 cm³/mol. The maximum atomic E-state index is 12.1. The van der Waals surface area contributed by atoms with Crippen LogP contribution >= 0.6 is 11.3 Å². The van der Waals surface area contributed by atoms with Crippen LogP contribution in [0.4, 0.5) is 0 Å². The van der Waals surface area contributed by atoms with Crippen molar-refractivity contribution in [2.75, 3.05) is 0 Å². The molecule has 2 aromatic heterocycles. The lowest BCUT2D eigenvalue weighted by Gasteiger charge is -2.22. The van der Waals surface area contributed by atoms with E-state index in [1.54, 1.807) is 17.4 Å². The van der Waals surface area contributed by atoms with E-state index < -0.39 is 0 Å². The summed E-state index contributed by atoms with van der Waals surface area (Å²) in [5.74, 6) is 0.912. The van der Waals surface area contributed by atoms with Gasteiger partial charge in [-0.1, -0.05) is 19.3 Å². The molecule has 3 rings (SSSR count). The van der Waals surface area contributed by atoms with Crippen molar-refractivity contribution in [3.8, 4) is 11.5 Å². The summed E-state index contributed by atoms with van der Waals surface area (Å²) in [5, 5.41) is 5.99. The van der Waals surface area contributed by atoms with Crippen molar-refractivity contribution in [3.05, 3.63) is 28.3 Å². The number of rotatable bonds is 3. The number of hydrogen-bond acceptors (Lipinski definition) is 4. The minimum Gasteiger partial charge on any atom is -0.449 e. The van der Waals surface area contributed by atoms with Gasteiger partial charge in [-0.3, -0.25) is 4.79 Å². The summed E-state index contributed by atoms with van der Waals surface area (Å²) >= 11 is 1.57. The molecule has 2 heterocycles. The lowest BCUT2D eigenvalue weighted by atomic mass is 9.95. The molecule has 0 aromatic carbocycles. The van der Waals surface area contributed by atoms with Gasteiger partial charge in [-0.25, -0.2) is 4.98 Å². The van der Waals surface area contributed by atoms with Gasteiger partial charge in [-0.15, -0.1) is 11.3 Å². The van der Waals surface area contributed by atoms with Crippen LogP contribution in [0.1, 0.15) is 47.7 Å². The van der Waals surface area contributed by atoms with Crippen LogP contribution in [0.3, 0.4) is 0 Å². The van der Waals surface area contributed by atoms with Crippen LogP contribution in [-0.2, 0) is 0 Å². The average molecular weight is 290 g/mol. The van der Waals surface area contributed by atoms with Crippen LogP contribution in [0.5, 0.6) is 0 Å². The van der Waals surface area contributed by atoms with E-state index in [-0.39, 0.29) is 5.91 Å². The number of furan rings is 1. The SMILES string of the molecule is Cc1nc(-c2ccc(C(=O)NC3CCCCC3)o2)cs1. The van der Waals surface area contributed by atoms with E-state index in [0.29, 0.717) is 17.6 Å². The third-order valence-electron chi connectivity index (χ3n) is 3.64. The summed E-state index contributed by atoms with van der Waals surface area (Å²) in [5.41, 5.74) is 0.796. The van der Waals surface area contributed by atoms with Gasteiger partial charge in [0, 0.05) is 11.4 Å². The third kappa shape index (κ3) is 2.93. The molecule has 1 N–H and O–H groups in total. The second-order valence-electron chi connectivity index (χ2n) is 5.22. The number of amides is 1. The third-order valence-corrected chi connectivity index (χ3v) is 4.42. The van der Waals surface area contributed by atoms with Crippen LogP contribution in [0.2, 0.25) is 0 Å². The fourth-order valence-corrected chi connectivity index (χ4v) is 3.18. The highest BCUT2D eigenvalue weighted by Crippen LogP contribution is 2.24. The second kappa shape index (κ2) is 5.79. The Morgan fingerprint density at radius 1 is 1.35 bits per heavy atom.